The smallest absolute Gasteiger partial charge is 0.123 e. The van der Waals surface area contributed by atoms with Crippen molar-refractivity contribution in [3.05, 3.63) is 59.7 Å². The maximum absolute atomic E-state index is 6.48. The van der Waals surface area contributed by atoms with Gasteiger partial charge in [0.05, 0.1) is 6.04 Å². The van der Waals surface area contributed by atoms with E-state index in [0.29, 0.717) is 5.92 Å². The highest BCUT2D eigenvalue weighted by atomic mass is 16.5. The fourth-order valence-corrected chi connectivity index (χ4v) is 3.65. The first-order valence-corrected chi connectivity index (χ1v) is 9.74. The largest absolute Gasteiger partial charge is 0.488 e. The van der Waals surface area contributed by atoms with E-state index >= 15 is 0 Å². The first-order chi connectivity index (χ1) is 12.6. The number of rotatable bonds is 7. The van der Waals surface area contributed by atoms with E-state index in [4.69, 9.17) is 10.5 Å². The summed E-state index contributed by atoms with van der Waals surface area (Å²) in [5, 5.41) is 0. The molecule has 2 aromatic rings. The van der Waals surface area contributed by atoms with Crippen LogP contribution in [0.5, 0.6) is 5.75 Å². The molecule has 3 rings (SSSR count). The molecule has 4 atom stereocenters. The van der Waals surface area contributed by atoms with Crippen LogP contribution in [0.15, 0.2) is 48.5 Å². The number of nitrogens with one attached hydrogen (secondary N) is 2. The van der Waals surface area contributed by atoms with Crippen LogP contribution in [0.3, 0.4) is 0 Å². The van der Waals surface area contributed by atoms with Crippen LogP contribution in [0.25, 0.3) is 0 Å². The van der Waals surface area contributed by atoms with Gasteiger partial charge >= 0.3 is 0 Å². The van der Waals surface area contributed by atoms with Crippen LogP contribution >= 0.6 is 0 Å². The number of benzene rings is 2. The summed E-state index contributed by atoms with van der Waals surface area (Å²) in [7, 11) is 0. The second-order valence-electron chi connectivity index (χ2n) is 7.27. The molecule has 1 heterocycles. The molecule has 1 aliphatic heterocycles. The number of nitrogens with two attached hydrogens (primary N) is 1. The zero-order valence-electron chi connectivity index (χ0n) is 16.0. The lowest BCUT2D eigenvalue weighted by Gasteiger charge is -2.26. The zero-order chi connectivity index (χ0) is 18.5. The Bertz CT molecular complexity index is 718. The van der Waals surface area contributed by atoms with Crippen molar-refractivity contribution in [1.82, 2.24) is 10.9 Å². The number of ether oxygens (including phenoxy) is 1. The highest BCUT2D eigenvalue weighted by Crippen LogP contribution is 2.32. The third kappa shape index (κ3) is 4.19. The molecule has 140 valence electrons. The van der Waals surface area contributed by atoms with E-state index in [-0.39, 0.29) is 18.2 Å². The number of anilines is 1. The van der Waals surface area contributed by atoms with Crippen LogP contribution < -0.4 is 21.3 Å². The molecule has 0 amide bonds. The van der Waals surface area contributed by atoms with Crippen LogP contribution in [0, 0.1) is 0 Å². The molecule has 0 bridgehead atoms. The molecule has 26 heavy (non-hydrogen) atoms. The van der Waals surface area contributed by atoms with Gasteiger partial charge < -0.3 is 10.5 Å². The van der Waals surface area contributed by atoms with E-state index in [9.17, 15) is 0 Å². The summed E-state index contributed by atoms with van der Waals surface area (Å²) in [6.07, 6.45) is 3.17. The summed E-state index contributed by atoms with van der Waals surface area (Å²) in [6.45, 7) is 6.66. The minimum atomic E-state index is 0.124. The minimum Gasteiger partial charge on any atom is -0.488 e. The van der Waals surface area contributed by atoms with Crippen molar-refractivity contribution >= 4 is 5.69 Å². The highest BCUT2D eigenvalue weighted by Gasteiger charge is 2.32. The number of para-hydroxylation sites is 1. The molecular formula is C22H31N3O. The average Bonchev–Trinajstić information content (AvgIpc) is 3.16. The molecule has 4 heteroatoms. The summed E-state index contributed by atoms with van der Waals surface area (Å²) in [5.74, 6) is 1.52. The quantitative estimate of drug-likeness (QED) is 0.639. The van der Waals surface area contributed by atoms with Gasteiger partial charge in [-0.05, 0) is 54.5 Å². The maximum Gasteiger partial charge on any atom is 0.123 e. The van der Waals surface area contributed by atoms with Crippen LogP contribution in [-0.4, -0.2) is 12.1 Å². The second-order valence-corrected chi connectivity index (χ2v) is 7.27. The SMILES string of the molecule is CCC(C)c1ccccc1OC(CC)C1CC(c2cccc(N)c2)NN1. The lowest BCUT2D eigenvalue weighted by atomic mass is 9.96. The second kappa shape index (κ2) is 8.56. The standard InChI is InChI=1S/C22H31N3O/c1-4-15(3)18-11-6-7-12-22(18)26-21(5-2)20-14-19(24-25-20)16-9-8-10-17(23)13-16/h6-13,15,19-21,24-25H,4-5,14,23H2,1-3H3. The normalized spacial score (nSPS) is 22.1. The third-order valence-corrected chi connectivity index (χ3v) is 5.44. The number of nitrogen functional groups attached to an aromatic ring is 1. The fourth-order valence-electron chi connectivity index (χ4n) is 3.65. The lowest BCUT2D eigenvalue weighted by Crippen LogP contribution is -2.41. The molecular weight excluding hydrogens is 322 g/mol. The van der Waals surface area contributed by atoms with Crippen LogP contribution in [0.1, 0.15) is 63.1 Å². The van der Waals surface area contributed by atoms with Crippen LogP contribution in [0.4, 0.5) is 5.69 Å². The third-order valence-electron chi connectivity index (χ3n) is 5.44. The Morgan fingerprint density at radius 3 is 2.62 bits per heavy atom. The van der Waals surface area contributed by atoms with E-state index in [1.165, 1.54) is 11.1 Å². The Morgan fingerprint density at radius 1 is 1.08 bits per heavy atom. The summed E-state index contributed by atoms with van der Waals surface area (Å²) >= 11 is 0. The number of hydrogen-bond donors (Lipinski definition) is 3. The van der Waals surface area contributed by atoms with Crippen molar-refractivity contribution in [1.29, 1.82) is 0 Å². The molecule has 1 aliphatic rings. The fraction of sp³-hybridized carbons (Fsp3) is 0.455. The molecule has 4 nitrogen and oxygen atoms in total. The van der Waals surface area contributed by atoms with E-state index in [0.717, 1.165) is 30.7 Å². The molecule has 4 unspecified atom stereocenters. The molecule has 4 N–H and O–H groups in total. The molecule has 0 saturated carbocycles. The predicted octanol–water partition coefficient (Wildman–Crippen LogP) is 4.55. The van der Waals surface area contributed by atoms with Gasteiger partial charge in [0.1, 0.15) is 11.9 Å². The first-order valence-electron chi connectivity index (χ1n) is 9.74. The van der Waals surface area contributed by atoms with E-state index < -0.39 is 0 Å². The Kier molecular flexibility index (Phi) is 6.17. The molecule has 0 aliphatic carbocycles. The van der Waals surface area contributed by atoms with Gasteiger partial charge in [0.2, 0.25) is 0 Å². The monoisotopic (exact) mass is 353 g/mol. The molecule has 0 spiro atoms. The summed E-state index contributed by atoms with van der Waals surface area (Å²) in [6, 6.07) is 17.1. The lowest BCUT2D eigenvalue weighted by molar-refractivity contribution is 0.152. The molecule has 0 aromatic heterocycles. The van der Waals surface area contributed by atoms with Gasteiger partial charge in [-0.3, -0.25) is 5.43 Å². The van der Waals surface area contributed by atoms with Gasteiger partial charge in [0, 0.05) is 11.7 Å². The molecule has 1 saturated heterocycles. The Balaban J connectivity index is 1.71. The summed E-state index contributed by atoms with van der Waals surface area (Å²) < 4.78 is 6.48. The van der Waals surface area contributed by atoms with Crippen LogP contribution in [0.2, 0.25) is 0 Å². The Labute approximate surface area is 157 Å². The molecule has 1 fully saturated rings. The Morgan fingerprint density at radius 2 is 1.88 bits per heavy atom. The summed E-state index contributed by atoms with van der Waals surface area (Å²) in [5.41, 5.74) is 16.1. The van der Waals surface area contributed by atoms with Crippen LogP contribution in [-0.2, 0) is 0 Å². The molecule has 2 aromatic carbocycles. The molecule has 0 radical (unpaired) electrons. The van der Waals surface area contributed by atoms with Crippen molar-refractivity contribution in [2.45, 2.75) is 64.1 Å². The predicted molar refractivity (Wildman–Crippen MR) is 108 cm³/mol. The van der Waals surface area contributed by atoms with Gasteiger partial charge in [0.25, 0.3) is 0 Å². The van der Waals surface area contributed by atoms with Crippen molar-refractivity contribution < 1.29 is 4.74 Å². The Hall–Kier alpha value is -2.04. The van der Waals surface area contributed by atoms with E-state index in [1.807, 2.05) is 18.2 Å². The van der Waals surface area contributed by atoms with Crippen molar-refractivity contribution in [2.75, 3.05) is 5.73 Å². The van der Waals surface area contributed by atoms with Gasteiger partial charge in [-0.2, -0.15) is 0 Å². The first kappa shape index (κ1) is 18.7. The van der Waals surface area contributed by atoms with E-state index in [2.05, 4.69) is 62.0 Å². The van der Waals surface area contributed by atoms with Gasteiger partial charge in [-0.25, -0.2) is 5.43 Å². The summed E-state index contributed by atoms with van der Waals surface area (Å²) in [4.78, 5) is 0. The van der Waals surface area contributed by atoms with Gasteiger partial charge in [0.15, 0.2) is 0 Å². The number of hydrogen-bond acceptors (Lipinski definition) is 4. The average molecular weight is 354 g/mol. The topological polar surface area (TPSA) is 59.3 Å². The zero-order valence-corrected chi connectivity index (χ0v) is 16.0. The van der Waals surface area contributed by atoms with Crippen molar-refractivity contribution in [2.24, 2.45) is 0 Å². The number of hydrazine groups is 1. The van der Waals surface area contributed by atoms with Crippen molar-refractivity contribution in [3.63, 3.8) is 0 Å². The minimum absolute atomic E-state index is 0.124. The van der Waals surface area contributed by atoms with Gasteiger partial charge in [-0.15, -0.1) is 0 Å². The van der Waals surface area contributed by atoms with Gasteiger partial charge in [-0.1, -0.05) is 51.1 Å². The van der Waals surface area contributed by atoms with Crippen molar-refractivity contribution in [3.8, 4) is 5.75 Å². The highest BCUT2D eigenvalue weighted by molar-refractivity contribution is 5.42. The van der Waals surface area contributed by atoms with E-state index in [1.54, 1.807) is 0 Å². The maximum atomic E-state index is 6.48.